The van der Waals surface area contributed by atoms with Crippen LogP contribution < -0.4 is 14.8 Å². The van der Waals surface area contributed by atoms with Crippen LogP contribution in [0.2, 0.25) is 5.02 Å². The molecule has 0 unspecified atom stereocenters. The molecule has 0 saturated heterocycles. The van der Waals surface area contributed by atoms with Crippen LogP contribution in [0.25, 0.3) is 6.08 Å². The zero-order valence-corrected chi connectivity index (χ0v) is 14.4. The molecule has 0 fully saturated rings. The minimum atomic E-state index is -0.119. The highest BCUT2D eigenvalue weighted by molar-refractivity contribution is 6.32. The number of unbranched alkanes of at least 4 members (excludes halogenated alkanes) is 1. The van der Waals surface area contributed by atoms with E-state index in [1.807, 2.05) is 13.8 Å². The number of ether oxygens (including phenoxy) is 2. The summed E-state index contributed by atoms with van der Waals surface area (Å²) < 4.78 is 11.0. The second-order valence-electron chi connectivity index (χ2n) is 5.18. The van der Waals surface area contributed by atoms with Crippen LogP contribution >= 0.6 is 11.6 Å². The third-order valence-corrected chi connectivity index (χ3v) is 3.14. The molecule has 1 amide bonds. The molecule has 1 N–H and O–H groups in total. The standard InChI is InChI=1S/C17H24ClNO3/c1-5-6-9-19-16(20)8-7-13-10-14(18)17(22-12(2)3)15(11-13)21-4/h7-8,10-12H,5-6,9H2,1-4H3,(H,19,20). The lowest BCUT2D eigenvalue weighted by Crippen LogP contribution is -2.21. The van der Waals surface area contributed by atoms with Gasteiger partial charge in [0.05, 0.1) is 18.2 Å². The Labute approximate surface area is 137 Å². The molecule has 0 aliphatic heterocycles. The number of halogens is 1. The van der Waals surface area contributed by atoms with Gasteiger partial charge < -0.3 is 14.8 Å². The second-order valence-corrected chi connectivity index (χ2v) is 5.59. The molecular formula is C17H24ClNO3. The number of rotatable bonds is 8. The molecule has 4 nitrogen and oxygen atoms in total. The van der Waals surface area contributed by atoms with Crippen molar-refractivity contribution in [3.63, 3.8) is 0 Å². The molecule has 22 heavy (non-hydrogen) atoms. The van der Waals surface area contributed by atoms with Crippen LogP contribution in [0.1, 0.15) is 39.2 Å². The summed E-state index contributed by atoms with van der Waals surface area (Å²) in [5.74, 6) is 0.946. The summed E-state index contributed by atoms with van der Waals surface area (Å²) in [5.41, 5.74) is 0.781. The first-order valence-corrected chi connectivity index (χ1v) is 7.85. The van der Waals surface area contributed by atoms with Gasteiger partial charge in [0.15, 0.2) is 11.5 Å². The molecule has 5 heteroatoms. The molecule has 1 aromatic carbocycles. The molecule has 0 aliphatic carbocycles. The molecule has 0 saturated carbocycles. The molecule has 122 valence electrons. The fraction of sp³-hybridized carbons (Fsp3) is 0.471. The Morgan fingerprint density at radius 3 is 2.73 bits per heavy atom. The Balaban J connectivity index is 2.84. The van der Waals surface area contributed by atoms with Gasteiger partial charge in [-0.25, -0.2) is 0 Å². The second kappa shape index (κ2) is 9.36. The highest BCUT2D eigenvalue weighted by Gasteiger charge is 2.12. The number of amides is 1. The van der Waals surface area contributed by atoms with E-state index < -0.39 is 0 Å². The Morgan fingerprint density at radius 1 is 1.41 bits per heavy atom. The summed E-state index contributed by atoms with van der Waals surface area (Å²) in [4.78, 5) is 11.7. The normalized spacial score (nSPS) is 11.0. The van der Waals surface area contributed by atoms with E-state index in [1.54, 1.807) is 25.3 Å². The molecule has 1 aromatic rings. The van der Waals surface area contributed by atoms with Gasteiger partial charge in [0.1, 0.15) is 0 Å². The van der Waals surface area contributed by atoms with Crippen molar-refractivity contribution >= 4 is 23.6 Å². The van der Waals surface area contributed by atoms with Gasteiger partial charge in [-0.2, -0.15) is 0 Å². The van der Waals surface area contributed by atoms with Gasteiger partial charge in [-0.05, 0) is 44.0 Å². The monoisotopic (exact) mass is 325 g/mol. The SMILES string of the molecule is CCCCNC(=O)C=Cc1cc(Cl)c(OC(C)C)c(OC)c1. The maximum atomic E-state index is 11.7. The average Bonchev–Trinajstić information content (AvgIpc) is 2.47. The molecule has 0 spiro atoms. The highest BCUT2D eigenvalue weighted by atomic mass is 35.5. The first-order valence-electron chi connectivity index (χ1n) is 7.48. The van der Waals surface area contributed by atoms with Crippen LogP contribution in [0.4, 0.5) is 0 Å². The van der Waals surface area contributed by atoms with Gasteiger partial charge in [0, 0.05) is 12.6 Å². The van der Waals surface area contributed by atoms with E-state index in [1.165, 1.54) is 6.08 Å². The highest BCUT2D eigenvalue weighted by Crippen LogP contribution is 2.37. The molecule has 0 heterocycles. The van der Waals surface area contributed by atoms with Gasteiger partial charge in [-0.3, -0.25) is 4.79 Å². The lowest BCUT2D eigenvalue weighted by atomic mass is 10.2. The Kier molecular flexibility index (Phi) is 7.82. The van der Waals surface area contributed by atoms with Crippen molar-refractivity contribution in [2.75, 3.05) is 13.7 Å². The minimum Gasteiger partial charge on any atom is -0.493 e. The lowest BCUT2D eigenvalue weighted by Gasteiger charge is -2.15. The van der Waals surface area contributed by atoms with Crippen LogP contribution in [0.5, 0.6) is 11.5 Å². The first kappa shape index (κ1) is 18.4. The number of nitrogens with one attached hydrogen (secondary N) is 1. The lowest BCUT2D eigenvalue weighted by molar-refractivity contribution is -0.116. The summed E-state index contributed by atoms with van der Waals surface area (Å²) >= 11 is 6.24. The topological polar surface area (TPSA) is 47.6 Å². The number of carbonyl (C=O) groups excluding carboxylic acids is 1. The van der Waals surface area contributed by atoms with E-state index in [4.69, 9.17) is 21.1 Å². The maximum absolute atomic E-state index is 11.7. The van der Waals surface area contributed by atoms with Crippen LogP contribution in [0.3, 0.4) is 0 Å². The Bertz CT molecular complexity index is 527. The number of hydrogen-bond acceptors (Lipinski definition) is 3. The summed E-state index contributed by atoms with van der Waals surface area (Å²) in [6.45, 7) is 6.61. The van der Waals surface area contributed by atoms with Crippen LogP contribution in [-0.4, -0.2) is 25.7 Å². The van der Waals surface area contributed by atoms with Crippen LogP contribution in [0, 0.1) is 0 Å². The van der Waals surface area contributed by atoms with E-state index in [-0.39, 0.29) is 12.0 Å². The Hall–Kier alpha value is -1.68. The smallest absolute Gasteiger partial charge is 0.243 e. The molecule has 0 atom stereocenters. The van der Waals surface area contributed by atoms with Crippen molar-refractivity contribution < 1.29 is 14.3 Å². The predicted octanol–water partition coefficient (Wildman–Crippen LogP) is 4.07. The summed E-state index contributed by atoms with van der Waals surface area (Å²) in [7, 11) is 1.56. The summed E-state index contributed by atoms with van der Waals surface area (Å²) in [6.07, 6.45) is 5.21. The summed E-state index contributed by atoms with van der Waals surface area (Å²) in [6, 6.07) is 3.54. The van der Waals surface area contributed by atoms with Crippen molar-refractivity contribution in [1.82, 2.24) is 5.32 Å². The number of carbonyl (C=O) groups is 1. The van der Waals surface area contributed by atoms with Crippen LogP contribution in [-0.2, 0) is 4.79 Å². The van der Waals surface area contributed by atoms with Crippen molar-refractivity contribution in [2.45, 2.75) is 39.7 Å². The fourth-order valence-electron chi connectivity index (χ4n) is 1.81. The van der Waals surface area contributed by atoms with E-state index in [0.717, 1.165) is 18.4 Å². The average molecular weight is 326 g/mol. The van der Waals surface area contributed by atoms with Gasteiger partial charge in [0.2, 0.25) is 5.91 Å². The maximum Gasteiger partial charge on any atom is 0.243 e. The van der Waals surface area contributed by atoms with E-state index >= 15 is 0 Å². The van der Waals surface area contributed by atoms with E-state index in [0.29, 0.717) is 23.1 Å². The van der Waals surface area contributed by atoms with Crippen molar-refractivity contribution in [2.24, 2.45) is 0 Å². The molecule has 0 aromatic heterocycles. The number of benzene rings is 1. The van der Waals surface area contributed by atoms with Crippen molar-refractivity contribution in [3.8, 4) is 11.5 Å². The minimum absolute atomic E-state index is 0.00265. The fourth-order valence-corrected chi connectivity index (χ4v) is 2.07. The van der Waals surface area contributed by atoms with E-state index in [9.17, 15) is 4.79 Å². The van der Waals surface area contributed by atoms with Crippen molar-refractivity contribution in [1.29, 1.82) is 0 Å². The van der Waals surface area contributed by atoms with Crippen molar-refractivity contribution in [3.05, 3.63) is 28.8 Å². The molecular weight excluding hydrogens is 302 g/mol. The first-order chi connectivity index (χ1) is 10.5. The van der Waals surface area contributed by atoms with Gasteiger partial charge in [0.25, 0.3) is 0 Å². The number of hydrogen-bond donors (Lipinski definition) is 1. The zero-order chi connectivity index (χ0) is 16.5. The zero-order valence-electron chi connectivity index (χ0n) is 13.6. The third-order valence-electron chi connectivity index (χ3n) is 2.86. The molecule has 1 rings (SSSR count). The van der Waals surface area contributed by atoms with Gasteiger partial charge >= 0.3 is 0 Å². The predicted molar refractivity (Wildman–Crippen MR) is 90.7 cm³/mol. The van der Waals surface area contributed by atoms with Crippen LogP contribution in [0.15, 0.2) is 18.2 Å². The Morgan fingerprint density at radius 2 is 2.14 bits per heavy atom. The quantitative estimate of drug-likeness (QED) is 0.579. The molecule has 0 aliphatic rings. The van der Waals surface area contributed by atoms with Gasteiger partial charge in [-0.15, -0.1) is 0 Å². The number of methoxy groups -OCH3 is 1. The van der Waals surface area contributed by atoms with Gasteiger partial charge in [-0.1, -0.05) is 24.9 Å². The summed E-state index contributed by atoms with van der Waals surface area (Å²) in [5, 5.41) is 3.28. The largest absolute Gasteiger partial charge is 0.493 e. The molecule has 0 bridgehead atoms. The van der Waals surface area contributed by atoms with E-state index in [2.05, 4.69) is 12.2 Å². The third kappa shape index (κ3) is 5.98. The molecule has 0 radical (unpaired) electrons.